The van der Waals surface area contributed by atoms with Gasteiger partial charge in [0.05, 0.1) is 0 Å². The third-order valence-corrected chi connectivity index (χ3v) is 2.69. The van der Waals surface area contributed by atoms with Crippen molar-refractivity contribution in [3.63, 3.8) is 0 Å². The van der Waals surface area contributed by atoms with Gasteiger partial charge in [0.1, 0.15) is 0 Å². The van der Waals surface area contributed by atoms with Gasteiger partial charge in [0, 0.05) is 0 Å². The molecule has 1 aromatic rings. The minimum atomic E-state index is 1.12. The lowest BCUT2D eigenvalue weighted by atomic mass is 9.94. The fraction of sp³-hybridized carbons (Fsp3) is 0.385. The normalized spacial score (nSPS) is 10.1. The van der Waals surface area contributed by atoms with E-state index in [0.717, 1.165) is 12.8 Å². The molecule has 0 aliphatic heterocycles. The van der Waals surface area contributed by atoms with Crippen LogP contribution in [0.15, 0.2) is 18.7 Å². The summed E-state index contributed by atoms with van der Waals surface area (Å²) < 4.78 is 0. The summed E-state index contributed by atoms with van der Waals surface area (Å²) in [7, 11) is 0. The molecule has 0 bridgehead atoms. The third kappa shape index (κ3) is 1.82. The predicted molar refractivity (Wildman–Crippen MR) is 60.0 cm³/mol. The van der Waals surface area contributed by atoms with Crippen LogP contribution < -0.4 is 0 Å². The van der Waals surface area contributed by atoms with E-state index in [4.69, 9.17) is 0 Å². The summed E-state index contributed by atoms with van der Waals surface area (Å²) in [6.45, 7) is 10.4. The number of hydrogen-bond acceptors (Lipinski definition) is 0. The summed E-state index contributed by atoms with van der Waals surface area (Å²) >= 11 is 0. The fourth-order valence-electron chi connectivity index (χ4n) is 1.88. The molecule has 0 N–H and O–H groups in total. The minimum Gasteiger partial charge on any atom is -0.0985 e. The molecule has 70 valence electrons. The minimum absolute atomic E-state index is 1.12. The van der Waals surface area contributed by atoms with Gasteiger partial charge in [-0.25, -0.2) is 0 Å². The van der Waals surface area contributed by atoms with Crippen molar-refractivity contribution in [1.29, 1.82) is 0 Å². The topological polar surface area (TPSA) is 0 Å². The summed E-state index contributed by atoms with van der Waals surface area (Å²) in [6.07, 6.45) is 4.19. The van der Waals surface area contributed by atoms with Gasteiger partial charge >= 0.3 is 0 Å². The molecule has 0 radical (unpaired) electrons. The number of hydrogen-bond donors (Lipinski definition) is 0. The monoisotopic (exact) mass is 174 g/mol. The lowest BCUT2D eigenvalue weighted by Crippen LogP contribution is -1.96. The Bertz CT molecular complexity index is 308. The van der Waals surface area contributed by atoms with Crippen LogP contribution in [-0.2, 0) is 12.8 Å². The van der Waals surface area contributed by atoms with Crippen molar-refractivity contribution in [2.24, 2.45) is 0 Å². The lowest BCUT2D eigenvalue weighted by Gasteiger charge is -2.11. The Morgan fingerprint density at radius 3 is 2.38 bits per heavy atom. The van der Waals surface area contributed by atoms with Gasteiger partial charge in [0.15, 0.2) is 0 Å². The second-order valence-corrected chi connectivity index (χ2v) is 3.33. The summed E-state index contributed by atoms with van der Waals surface area (Å²) in [5.41, 5.74) is 5.65. The molecule has 0 heteroatoms. The van der Waals surface area contributed by atoms with Crippen LogP contribution in [0.3, 0.4) is 0 Å². The highest BCUT2D eigenvalue weighted by Gasteiger charge is 2.04. The summed E-state index contributed by atoms with van der Waals surface area (Å²) in [4.78, 5) is 0. The number of benzene rings is 1. The van der Waals surface area contributed by atoms with Crippen LogP contribution in [-0.4, -0.2) is 0 Å². The van der Waals surface area contributed by atoms with E-state index in [0.29, 0.717) is 0 Å². The van der Waals surface area contributed by atoms with Crippen molar-refractivity contribution in [3.05, 3.63) is 41.0 Å². The highest BCUT2D eigenvalue weighted by Crippen LogP contribution is 2.20. The van der Waals surface area contributed by atoms with Gasteiger partial charge in [0.2, 0.25) is 0 Å². The first-order chi connectivity index (χ1) is 6.24. The summed E-state index contributed by atoms with van der Waals surface area (Å²) in [5.74, 6) is 0. The first-order valence-electron chi connectivity index (χ1n) is 4.98. The molecular weight excluding hydrogens is 156 g/mol. The van der Waals surface area contributed by atoms with E-state index in [-0.39, 0.29) is 0 Å². The Balaban J connectivity index is 3.31. The summed E-state index contributed by atoms with van der Waals surface area (Å²) in [6, 6.07) is 4.39. The Kier molecular flexibility index (Phi) is 3.30. The largest absolute Gasteiger partial charge is 0.0985 e. The molecular formula is C13H18. The highest BCUT2D eigenvalue weighted by molar-refractivity contribution is 5.55. The zero-order valence-electron chi connectivity index (χ0n) is 8.85. The van der Waals surface area contributed by atoms with Crippen LogP contribution >= 0.6 is 0 Å². The maximum atomic E-state index is 3.82. The molecule has 0 heterocycles. The molecule has 1 aromatic carbocycles. The average molecular weight is 174 g/mol. The molecule has 0 amide bonds. The third-order valence-electron chi connectivity index (χ3n) is 2.69. The van der Waals surface area contributed by atoms with Gasteiger partial charge in [-0.15, -0.1) is 0 Å². The lowest BCUT2D eigenvalue weighted by molar-refractivity contribution is 1.02. The van der Waals surface area contributed by atoms with E-state index in [9.17, 15) is 0 Å². The zero-order chi connectivity index (χ0) is 9.84. The smallest absolute Gasteiger partial charge is 0.0230 e. The second-order valence-electron chi connectivity index (χ2n) is 3.33. The van der Waals surface area contributed by atoms with Crippen molar-refractivity contribution in [2.75, 3.05) is 0 Å². The molecule has 0 unspecified atom stereocenters. The van der Waals surface area contributed by atoms with Crippen molar-refractivity contribution >= 4 is 6.08 Å². The highest BCUT2D eigenvalue weighted by atomic mass is 14.1. The van der Waals surface area contributed by atoms with Crippen LogP contribution in [0.25, 0.3) is 6.08 Å². The molecule has 0 atom stereocenters. The van der Waals surface area contributed by atoms with E-state index in [1.54, 1.807) is 0 Å². The van der Waals surface area contributed by atoms with Crippen molar-refractivity contribution in [2.45, 2.75) is 33.6 Å². The molecule has 13 heavy (non-hydrogen) atoms. The zero-order valence-corrected chi connectivity index (χ0v) is 8.85. The maximum absolute atomic E-state index is 3.82. The molecule has 0 saturated heterocycles. The van der Waals surface area contributed by atoms with E-state index < -0.39 is 0 Å². The van der Waals surface area contributed by atoms with E-state index in [2.05, 4.69) is 39.5 Å². The Morgan fingerprint density at radius 1 is 1.23 bits per heavy atom. The van der Waals surface area contributed by atoms with Gasteiger partial charge in [-0.1, -0.05) is 38.6 Å². The molecule has 0 aliphatic carbocycles. The second kappa shape index (κ2) is 4.27. The average Bonchev–Trinajstić information content (AvgIpc) is 2.17. The van der Waals surface area contributed by atoms with Gasteiger partial charge < -0.3 is 0 Å². The molecule has 0 saturated carbocycles. The Hall–Kier alpha value is -1.04. The van der Waals surface area contributed by atoms with Crippen LogP contribution in [0.1, 0.15) is 36.1 Å². The maximum Gasteiger partial charge on any atom is -0.0230 e. The molecule has 1 rings (SSSR count). The van der Waals surface area contributed by atoms with Crippen molar-refractivity contribution < 1.29 is 0 Å². The van der Waals surface area contributed by atoms with Crippen molar-refractivity contribution in [3.8, 4) is 0 Å². The van der Waals surface area contributed by atoms with Crippen LogP contribution in [0, 0.1) is 6.92 Å². The van der Waals surface area contributed by atoms with Crippen LogP contribution in [0.4, 0.5) is 0 Å². The first-order valence-corrected chi connectivity index (χ1v) is 4.98. The van der Waals surface area contributed by atoms with Crippen LogP contribution in [0.5, 0.6) is 0 Å². The van der Waals surface area contributed by atoms with Gasteiger partial charge in [-0.3, -0.25) is 0 Å². The van der Waals surface area contributed by atoms with Gasteiger partial charge in [-0.05, 0) is 42.0 Å². The quantitative estimate of drug-likeness (QED) is 0.654. The molecule has 0 aromatic heterocycles. The van der Waals surface area contributed by atoms with Gasteiger partial charge in [0.25, 0.3) is 0 Å². The predicted octanol–water partition coefficient (Wildman–Crippen LogP) is 3.76. The number of aryl methyl sites for hydroxylation is 1. The Morgan fingerprint density at radius 2 is 1.92 bits per heavy atom. The fourth-order valence-corrected chi connectivity index (χ4v) is 1.88. The molecule has 0 nitrogen and oxygen atoms in total. The summed E-state index contributed by atoms with van der Waals surface area (Å²) in [5, 5.41) is 0. The molecule has 0 spiro atoms. The SMILES string of the molecule is C=Cc1ccc(CC)c(CC)c1C. The number of rotatable bonds is 3. The van der Waals surface area contributed by atoms with E-state index in [1.807, 2.05) is 6.08 Å². The van der Waals surface area contributed by atoms with E-state index in [1.165, 1.54) is 22.3 Å². The van der Waals surface area contributed by atoms with E-state index >= 15 is 0 Å². The molecule has 0 aliphatic rings. The van der Waals surface area contributed by atoms with Gasteiger partial charge in [-0.2, -0.15) is 0 Å². The first kappa shape index (κ1) is 10.0. The van der Waals surface area contributed by atoms with Crippen molar-refractivity contribution in [1.82, 2.24) is 0 Å². The standard InChI is InChI=1S/C13H18/c1-5-11-8-9-12(6-2)13(7-3)10(11)4/h5,8-9H,1,6-7H2,2-4H3. The van der Waals surface area contributed by atoms with Crippen LogP contribution in [0.2, 0.25) is 0 Å². The molecule has 0 fully saturated rings. The Labute approximate surface area is 81.3 Å².